The molecule has 0 saturated heterocycles. The normalized spacial score (nSPS) is 12.0. The molecule has 0 aliphatic carbocycles. The van der Waals surface area contributed by atoms with Gasteiger partial charge in [-0.25, -0.2) is 20.0 Å². The van der Waals surface area contributed by atoms with Gasteiger partial charge in [0.1, 0.15) is 23.4 Å². The van der Waals surface area contributed by atoms with Crippen LogP contribution in [0.4, 0.5) is 10.1 Å². The number of carbonyl (C=O) groups excluding carboxylic acids is 1. The zero-order chi connectivity index (χ0) is 25.8. The smallest absolute Gasteiger partial charge is 0.333 e. The van der Waals surface area contributed by atoms with Crippen LogP contribution in [-0.4, -0.2) is 36.3 Å². The van der Waals surface area contributed by atoms with Crippen LogP contribution in [0.5, 0.6) is 0 Å². The second-order valence-electron chi connectivity index (χ2n) is 8.31. The largest absolute Gasteiger partial charge is 0.374 e. The van der Waals surface area contributed by atoms with Gasteiger partial charge in [-0.1, -0.05) is 30.3 Å². The summed E-state index contributed by atoms with van der Waals surface area (Å²) >= 11 is 0. The standard InChI is InChI=1S/C24H26FN7O4/c1-14(33)27-17-8-6-15(7-9-17)12-19-28-21-22(29-19)31(11-10-20(34)30-26)24(36)32(23(21)35)13-16-4-2-3-5-18(16)25/h2-9,14,27,33H,10-13,26H2,1H3,(H,28,29)(H,30,34). The molecule has 1 unspecified atom stereocenters. The van der Waals surface area contributed by atoms with E-state index in [9.17, 15) is 23.9 Å². The Kier molecular flexibility index (Phi) is 7.27. The minimum Gasteiger partial charge on any atom is -0.374 e. The molecule has 11 nitrogen and oxygen atoms in total. The molecule has 0 aliphatic heterocycles. The van der Waals surface area contributed by atoms with Gasteiger partial charge in [-0.3, -0.25) is 24.1 Å². The van der Waals surface area contributed by atoms with E-state index < -0.39 is 29.2 Å². The van der Waals surface area contributed by atoms with Gasteiger partial charge < -0.3 is 15.4 Å². The number of aliphatic hydroxyl groups is 1. The van der Waals surface area contributed by atoms with Crippen molar-refractivity contribution in [3.8, 4) is 0 Å². The van der Waals surface area contributed by atoms with Gasteiger partial charge in [-0.05, 0) is 30.7 Å². The Morgan fingerprint density at radius 3 is 2.56 bits per heavy atom. The molecule has 0 spiro atoms. The van der Waals surface area contributed by atoms with Crippen LogP contribution in [0.1, 0.15) is 30.3 Å². The van der Waals surface area contributed by atoms with Crippen molar-refractivity contribution in [1.82, 2.24) is 24.5 Å². The van der Waals surface area contributed by atoms with E-state index in [1.165, 1.54) is 22.8 Å². The van der Waals surface area contributed by atoms with Crippen molar-refractivity contribution in [2.45, 2.75) is 39.1 Å². The molecule has 0 bridgehead atoms. The second-order valence-corrected chi connectivity index (χ2v) is 8.31. The lowest BCUT2D eigenvalue weighted by Gasteiger charge is -2.11. The third-order valence-corrected chi connectivity index (χ3v) is 5.62. The maximum absolute atomic E-state index is 14.3. The Hall–Kier alpha value is -4.29. The summed E-state index contributed by atoms with van der Waals surface area (Å²) < 4.78 is 16.4. The molecule has 2 aromatic heterocycles. The zero-order valence-corrected chi connectivity index (χ0v) is 19.5. The van der Waals surface area contributed by atoms with Crippen molar-refractivity contribution < 1.29 is 14.3 Å². The molecule has 1 amide bonds. The zero-order valence-electron chi connectivity index (χ0n) is 19.5. The number of rotatable bonds is 9. The number of benzene rings is 2. The number of imidazole rings is 1. The molecule has 6 N–H and O–H groups in total. The summed E-state index contributed by atoms with van der Waals surface area (Å²) in [6.07, 6.45) is -0.493. The number of nitrogens with zero attached hydrogens (tertiary/aromatic N) is 3. The topological polar surface area (TPSA) is 160 Å². The van der Waals surface area contributed by atoms with E-state index in [1.807, 2.05) is 17.6 Å². The third kappa shape index (κ3) is 5.34. The molecule has 12 heteroatoms. The average Bonchev–Trinajstić information content (AvgIpc) is 3.27. The van der Waals surface area contributed by atoms with Gasteiger partial charge in [0.05, 0.1) is 6.54 Å². The van der Waals surface area contributed by atoms with Crippen molar-refractivity contribution in [3.05, 3.63) is 92.1 Å². The number of amides is 1. The van der Waals surface area contributed by atoms with Crippen LogP contribution in [0.25, 0.3) is 11.2 Å². The molecule has 4 aromatic rings. The van der Waals surface area contributed by atoms with Crippen molar-refractivity contribution >= 4 is 22.8 Å². The summed E-state index contributed by atoms with van der Waals surface area (Å²) in [6, 6.07) is 13.2. The SMILES string of the molecule is CC(O)Nc1ccc(Cc2nc3c([nH]2)c(=O)n(Cc2ccccc2F)c(=O)n3CCC(=O)NN)cc1. The number of halogens is 1. The maximum Gasteiger partial charge on any atom is 0.333 e. The Labute approximate surface area is 204 Å². The van der Waals surface area contributed by atoms with Crippen molar-refractivity contribution in [2.75, 3.05) is 5.32 Å². The number of aromatic nitrogens is 4. The van der Waals surface area contributed by atoms with Crippen LogP contribution in [0, 0.1) is 5.82 Å². The molecule has 0 radical (unpaired) electrons. The number of anilines is 1. The number of carbonyl (C=O) groups is 1. The Morgan fingerprint density at radius 1 is 1.17 bits per heavy atom. The number of hydrogen-bond donors (Lipinski definition) is 5. The summed E-state index contributed by atoms with van der Waals surface area (Å²) in [5, 5.41) is 12.3. The molecule has 2 heterocycles. The quantitative estimate of drug-likeness (QED) is 0.0993. The van der Waals surface area contributed by atoms with Crippen molar-refractivity contribution in [3.63, 3.8) is 0 Å². The van der Waals surface area contributed by atoms with Crippen LogP contribution >= 0.6 is 0 Å². The minimum absolute atomic E-state index is 0.0708. The lowest BCUT2D eigenvalue weighted by atomic mass is 10.1. The fourth-order valence-corrected chi connectivity index (χ4v) is 3.87. The number of hydrogen-bond acceptors (Lipinski definition) is 7. The van der Waals surface area contributed by atoms with E-state index in [2.05, 4.69) is 15.3 Å². The van der Waals surface area contributed by atoms with Gasteiger partial charge >= 0.3 is 5.69 Å². The highest BCUT2D eigenvalue weighted by Gasteiger charge is 2.19. The van der Waals surface area contributed by atoms with Crippen LogP contribution in [0.3, 0.4) is 0 Å². The van der Waals surface area contributed by atoms with Crippen LogP contribution in [0.2, 0.25) is 0 Å². The number of aliphatic hydroxyl groups excluding tert-OH is 1. The third-order valence-electron chi connectivity index (χ3n) is 5.62. The molecule has 0 fully saturated rings. The Bertz CT molecular complexity index is 1510. The number of fused-ring (bicyclic) bond motifs is 1. The number of hydrazine groups is 1. The molecule has 4 rings (SSSR count). The number of nitrogens with two attached hydrogens (primary N) is 1. The van der Waals surface area contributed by atoms with E-state index in [1.54, 1.807) is 25.1 Å². The molecule has 188 valence electrons. The fraction of sp³-hybridized carbons (Fsp3) is 0.250. The first-order valence-electron chi connectivity index (χ1n) is 11.3. The Balaban J connectivity index is 1.75. The Morgan fingerprint density at radius 2 is 1.89 bits per heavy atom. The highest BCUT2D eigenvalue weighted by atomic mass is 19.1. The maximum atomic E-state index is 14.3. The molecule has 1 atom stereocenters. The predicted molar refractivity (Wildman–Crippen MR) is 132 cm³/mol. The molecule has 0 saturated carbocycles. The highest BCUT2D eigenvalue weighted by molar-refractivity contribution is 5.75. The van der Waals surface area contributed by atoms with E-state index in [0.717, 1.165) is 15.8 Å². The van der Waals surface area contributed by atoms with E-state index in [-0.39, 0.29) is 36.2 Å². The van der Waals surface area contributed by atoms with Crippen LogP contribution in [-0.2, 0) is 24.3 Å². The summed E-state index contributed by atoms with van der Waals surface area (Å²) in [6.45, 7) is 1.24. The van der Waals surface area contributed by atoms with E-state index in [0.29, 0.717) is 12.2 Å². The number of aryl methyl sites for hydroxylation is 1. The first-order chi connectivity index (χ1) is 17.3. The number of aromatic amines is 1. The van der Waals surface area contributed by atoms with E-state index >= 15 is 0 Å². The van der Waals surface area contributed by atoms with Gasteiger partial charge in [0.2, 0.25) is 5.91 Å². The van der Waals surface area contributed by atoms with Gasteiger partial charge in [0.15, 0.2) is 5.65 Å². The number of H-pyrrole nitrogens is 1. The molecule has 36 heavy (non-hydrogen) atoms. The monoisotopic (exact) mass is 495 g/mol. The fourth-order valence-electron chi connectivity index (χ4n) is 3.87. The first-order valence-corrected chi connectivity index (χ1v) is 11.3. The summed E-state index contributed by atoms with van der Waals surface area (Å²) in [5.41, 5.74) is 2.60. The van der Waals surface area contributed by atoms with Gasteiger partial charge in [0, 0.05) is 30.6 Å². The molecular formula is C24H26FN7O4. The van der Waals surface area contributed by atoms with Crippen LogP contribution < -0.4 is 27.8 Å². The first kappa shape index (κ1) is 24.8. The predicted octanol–water partition coefficient (Wildman–Crippen LogP) is 0.795. The van der Waals surface area contributed by atoms with E-state index in [4.69, 9.17) is 5.84 Å². The highest BCUT2D eigenvalue weighted by Crippen LogP contribution is 2.15. The molecule has 2 aromatic carbocycles. The summed E-state index contributed by atoms with van der Waals surface area (Å²) in [5.74, 6) is 4.55. The summed E-state index contributed by atoms with van der Waals surface area (Å²) in [7, 11) is 0. The van der Waals surface area contributed by atoms with Crippen LogP contribution in [0.15, 0.2) is 58.1 Å². The summed E-state index contributed by atoms with van der Waals surface area (Å²) in [4.78, 5) is 45.7. The van der Waals surface area contributed by atoms with Gasteiger partial charge in [0.25, 0.3) is 5.56 Å². The molecular weight excluding hydrogens is 469 g/mol. The van der Waals surface area contributed by atoms with Crippen molar-refractivity contribution in [2.24, 2.45) is 5.84 Å². The average molecular weight is 496 g/mol. The van der Waals surface area contributed by atoms with Crippen molar-refractivity contribution in [1.29, 1.82) is 0 Å². The molecule has 0 aliphatic rings. The minimum atomic E-state index is -0.716. The lowest BCUT2D eigenvalue weighted by molar-refractivity contribution is -0.121. The number of nitrogens with one attached hydrogen (secondary N) is 3. The van der Waals surface area contributed by atoms with Gasteiger partial charge in [-0.15, -0.1) is 0 Å². The van der Waals surface area contributed by atoms with Gasteiger partial charge in [-0.2, -0.15) is 0 Å². The second kappa shape index (κ2) is 10.5. The lowest BCUT2D eigenvalue weighted by Crippen LogP contribution is -2.41.